The van der Waals surface area contributed by atoms with Gasteiger partial charge in [0, 0.05) is 22.6 Å². The zero-order chi connectivity index (χ0) is 23.0. The molecular formula is C24H21F2N3O2S. The first-order chi connectivity index (χ1) is 15.2. The van der Waals surface area contributed by atoms with Gasteiger partial charge in [-0.25, -0.2) is 13.8 Å². The van der Waals surface area contributed by atoms with Crippen molar-refractivity contribution >= 4 is 27.5 Å². The molecule has 0 aliphatic heterocycles. The number of amides is 1. The Labute approximate surface area is 187 Å². The van der Waals surface area contributed by atoms with Crippen LogP contribution in [0.25, 0.3) is 21.3 Å². The molecule has 2 aromatic heterocycles. The predicted octanol–water partition coefficient (Wildman–Crippen LogP) is 4.90. The number of carbonyl (C=O) groups is 1. The Hall–Kier alpha value is -3.39. The van der Waals surface area contributed by atoms with Gasteiger partial charge in [0.05, 0.1) is 17.8 Å². The summed E-state index contributed by atoms with van der Waals surface area (Å²) in [4.78, 5) is 30.7. The molecule has 2 heterocycles. The van der Waals surface area contributed by atoms with Gasteiger partial charge in [-0.15, -0.1) is 11.3 Å². The molecule has 4 rings (SSSR count). The summed E-state index contributed by atoms with van der Waals surface area (Å²) >= 11 is 1.37. The van der Waals surface area contributed by atoms with Gasteiger partial charge in [-0.1, -0.05) is 24.3 Å². The van der Waals surface area contributed by atoms with Crippen LogP contribution in [0.2, 0.25) is 0 Å². The molecule has 164 valence electrons. The fourth-order valence-electron chi connectivity index (χ4n) is 3.57. The number of hydrogen-bond donors (Lipinski definition) is 1. The Balaban J connectivity index is 1.61. The number of nitrogens with zero attached hydrogens (tertiary/aromatic N) is 2. The minimum Gasteiger partial charge on any atom is -0.348 e. The number of nitrogens with one attached hydrogen (secondary N) is 1. The van der Waals surface area contributed by atoms with Crippen molar-refractivity contribution in [2.45, 2.75) is 33.4 Å². The first-order valence-corrected chi connectivity index (χ1v) is 10.9. The molecule has 1 amide bonds. The van der Waals surface area contributed by atoms with Crippen molar-refractivity contribution in [3.63, 3.8) is 0 Å². The Morgan fingerprint density at radius 1 is 1.16 bits per heavy atom. The van der Waals surface area contributed by atoms with Crippen molar-refractivity contribution in [2.24, 2.45) is 0 Å². The number of carbonyl (C=O) groups excluding carboxylic acids is 1. The molecule has 8 heteroatoms. The van der Waals surface area contributed by atoms with Crippen molar-refractivity contribution in [1.82, 2.24) is 14.9 Å². The number of rotatable bonds is 5. The average Bonchev–Trinajstić information content (AvgIpc) is 3.17. The van der Waals surface area contributed by atoms with Crippen LogP contribution < -0.4 is 10.9 Å². The maximum Gasteiger partial charge on any atom is 0.263 e. The molecule has 0 fully saturated rings. The molecule has 0 radical (unpaired) electrons. The fraction of sp³-hybridized carbons (Fsp3) is 0.208. The predicted molar refractivity (Wildman–Crippen MR) is 122 cm³/mol. The molecular weight excluding hydrogens is 432 g/mol. The molecule has 1 atom stereocenters. The number of benzene rings is 2. The largest absolute Gasteiger partial charge is 0.348 e. The minimum absolute atomic E-state index is 0.163. The molecule has 1 N–H and O–H groups in total. The van der Waals surface area contributed by atoms with E-state index < -0.39 is 23.6 Å². The van der Waals surface area contributed by atoms with Gasteiger partial charge in [0.25, 0.3) is 5.56 Å². The number of halogens is 2. The first-order valence-electron chi connectivity index (χ1n) is 10.0. The van der Waals surface area contributed by atoms with Crippen LogP contribution in [-0.4, -0.2) is 15.5 Å². The monoisotopic (exact) mass is 453 g/mol. The van der Waals surface area contributed by atoms with Crippen molar-refractivity contribution in [3.05, 3.63) is 86.8 Å². The Morgan fingerprint density at radius 2 is 1.94 bits per heavy atom. The summed E-state index contributed by atoms with van der Waals surface area (Å²) in [5.41, 5.74) is 3.82. The molecule has 32 heavy (non-hydrogen) atoms. The smallest absolute Gasteiger partial charge is 0.263 e. The zero-order valence-electron chi connectivity index (χ0n) is 17.8. The van der Waals surface area contributed by atoms with Gasteiger partial charge in [0.1, 0.15) is 23.0 Å². The molecule has 0 aliphatic carbocycles. The van der Waals surface area contributed by atoms with Gasteiger partial charge < -0.3 is 5.32 Å². The lowest BCUT2D eigenvalue weighted by atomic mass is 10.0. The highest BCUT2D eigenvalue weighted by atomic mass is 32.1. The lowest BCUT2D eigenvalue weighted by Crippen LogP contribution is -2.34. The molecule has 1 unspecified atom stereocenters. The summed E-state index contributed by atoms with van der Waals surface area (Å²) in [6.07, 6.45) is 1.34. The Bertz CT molecular complexity index is 1390. The van der Waals surface area contributed by atoms with E-state index in [0.29, 0.717) is 10.2 Å². The van der Waals surface area contributed by atoms with Gasteiger partial charge in [0.15, 0.2) is 0 Å². The molecule has 0 saturated carbocycles. The van der Waals surface area contributed by atoms with Crippen LogP contribution in [0.3, 0.4) is 0 Å². The third-order valence-corrected chi connectivity index (χ3v) is 6.39. The van der Waals surface area contributed by atoms with Crippen LogP contribution in [0.5, 0.6) is 0 Å². The summed E-state index contributed by atoms with van der Waals surface area (Å²) in [5.74, 6) is -1.91. The summed E-state index contributed by atoms with van der Waals surface area (Å²) < 4.78 is 28.4. The summed E-state index contributed by atoms with van der Waals surface area (Å²) in [7, 11) is 0. The molecule has 0 aliphatic rings. The Kier molecular flexibility index (Phi) is 5.88. The highest BCUT2D eigenvalue weighted by Gasteiger charge is 2.17. The first kappa shape index (κ1) is 21.8. The standard InChI is InChI=1S/C24H21F2N3O2S/c1-13-4-5-16(8-14(13)2)19-11-32-23-22(19)24(31)29(12-27-23)10-21(30)28-15(3)18-7-6-17(25)9-20(18)26/h4-9,11-12,15H,10H2,1-3H3,(H,28,30). The topological polar surface area (TPSA) is 64.0 Å². The minimum atomic E-state index is -0.741. The van der Waals surface area contributed by atoms with E-state index in [0.717, 1.165) is 34.4 Å². The second-order valence-electron chi connectivity index (χ2n) is 7.76. The van der Waals surface area contributed by atoms with E-state index in [9.17, 15) is 18.4 Å². The third kappa shape index (κ3) is 4.18. The highest BCUT2D eigenvalue weighted by Crippen LogP contribution is 2.31. The third-order valence-electron chi connectivity index (χ3n) is 5.50. The summed E-state index contributed by atoms with van der Waals surface area (Å²) in [6, 6.07) is 8.50. The van der Waals surface area contributed by atoms with Gasteiger partial charge >= 0.3 is 0 Å². The number of aromatic nitrogens is 2. The number of thiophene rings is 1. The highest BCUT2D eigenvalue weighted by molar-refractivity contribution is 7.17. The van der Waals surface area contributed by atoms with E-state index in [1.54, 1.807) is 6.92 Å². The molecule has 0 bridgehead atoms. The van der Waals surface area contributed by atoms with Gasteiger partial charge in [-0.05, 0) is 43.5 Å². The lowest BCUT2D eigenvalue weighted by Gasteiger charge is -2.15. The van der Waals surface area contributed by atoms with Gasteiger partial charge in [-0.2, -0.15) is 0 Å². The Morgan fingerprint density at radius 3 is 2.66 bits per heavy atom. The number of aryl methyl sites for hydroxylation is 2. The number of fused-ring (bicyclic) bond motifs is 1. The maximum absolute atomic E-state index is 14.0. The van der Waals surface area contributed by atoms with E-state index >= 15 is 0 Å². The molecule has 0 spiro atoms. The molecule has 4 aromatic rings. The van der Waals surface area contributed by atoms with Crippen LogP contribution in [0.15, 0.2) is 52.9 Å². The van der Waals surface area contributed by atoms with E-state index in [2.05, 4.69) is 10.3 Å². The zero-order valence-corrected chi connectivity index (χ0v) is 18.6. The maximum atomic E-state index is 14.0. The van der Waals surface area contributed by atoms with Gasteiger partial charge in [0.2, 0.25) is 5.91 Å². The van der Waals surface area contributed by atoms with Crippen molar-refractivity contribution < 1.29 is 13.6 Å². The van der Waals surface area contributed by atoms with E-state index in [1.807, 2.05) is 37.4 Å². The molecule has 2 aromatic carbocycles. The van der Waals surface area contributed by atoms with Crippen molar-refractivity contribution in [1.29, 1.82) is 0 Å². The fourth-order valence-corrected chi connectivity index (χ4v) is 4.48. The lowest BCUT2D eigenvalue weighted by molar-refractivity contribution is -0.122. The quantitative estimate of drug-likeness (QED) is 0.468. The van der Waals surface area contributed by atoms with Crippen molar-refractivity contribution in [2.75, 3.05) is 0 Å². The van der Waals surface area contributed by atoms with Crippen LogP contribution in [-0.2, 0) is 11.3 Å². The second-order valence-corrected chi connectivity index (χ2v) is 8.62. The normalized spacial score (nSPS) is 12.2. The van der Waals surface area contributed by atoms with Crippen LogP contribution in [0, 0.1) is 25.5 Å². The summed E-state index contributed by atoms with van der Waals surface area (Å²) in [6.45, 7) is 5.36. The van der Waals surface area contributed by atoms with E-state index in [-0.39, 0.29) is 17.7 Å². The molecule has 5 nitrogen and oxygen atoms in total. The van der Waals surface area contributed by atoms with Gasteiger partial charge in [-0.3, -0.25) is 14.2 Å². The SMILES string of the molecule is Cc1ccc(-c2csc3ncn(CC(=O)NC(C)c4ccc(F)cc4F)c(=O)c23)cc1C. The van der Waals surface area contributed by atoms with Crippen LogP contribution >= 0.6 is 11.3 Å². The van der Waals surface area contributed by atoms with Crippen LogP contribution in [0.1, 0.15) is 29.7 Å². The van der Waals surface area contributed by atoms with Crippen molar-refractivity contribution in [3.8, 4) is 11.1 Å². The van der Waals surface area contributed by atoms with Crippen LogP contribution in [0.4, 0.5) is 8.78 Å². The number of hydrogen-bond acceptors (Lipinski definition) is 4. The second kappa shape index (κ2) is 8.63. The molecule has 0 saturated heterocycles. The van der Waals surface area contributed by atoms with E-state index in [1.165, 1.54) is 28.3 Å². The van der Waals surface area contributed by atoms with E-state index in [4.69, 9.17) is 0 Å². The average molecular weight is 454 g/mol. The summed E-state index contributed by atoms with van der Waals surface area (Å²) in [5, 5.41) is 5.01.